The number of carbonyl (C=O) groups is 1. The van der Waals surface area contributed by atoms with Crippen LogP contribution in [-0.4, -0.2) is 18.4 Å². The van der Waals surface area contributed by atoms with Gasteiger partial charge in [0.15, 0.2) is 0 Å². The highest BCUT2D eigenvalue weighted by atomic mass is 19.3. The SMILES string of the molecule is NC(=O)c1cc(C2CC2)c(OCC23CC4CC(C2)C(F)(F)C3C4)cc1F. The molecular weight excluding hydrogens is 343 g/mol. The average molecular weight is 365 g/mol. The Hall–Kier alpha value is -1.72. The van der Waals surface area contributed by atoms with Crippen molar-refractivity contribution in [3.05, 3.63) is 29.1 Å². The molecule has 6 rings (SSSR count). The minimum absolute atomic E-state index is 0.134. The number of rotatable bonds is 5. The Kier molecular flexibility index (Phi) is 3.27. The molecule has 0 saturated heterocycles. The van der Waals surface area contributed by atoms with E-state index >= 15 is 0 Å². The second kappa shape index (κ2) is 5.17. The first-order valence-electron chi connectivity index (χ1n) is 9.44. The summed E-state index contributed by atoms with van der Waals surface area (Å²) in [6, 6.07) is 2.69. The van der Waals surface area contributed by atoms with E-state index in [1.165, 1.54) is 12.1 Å². The van der Waals surface area contributed by atoms with Gasteiger partial charge in [-0.1, -0.05) is 0 Å². The Bertz CT molecular complexity index is 792. The van der Waals surface area contributed by atoms with Crippen molar-refractivity contribution in [2.24, 2.45) is 28.9 Å². The molecule has 4 atom stereocenters. The van der Waals surface area contributed by atoms with Crippen LogP contribution in [0.5, 0.6) is 5.75 Å². The Balaban J connectivity index is 1.43. The molecule has 5 saturated carbocycles. The summed E-state index contributed by atoms with van der Waals surface area (Å²) in [6.07, 6.45) is 4.40. The molecule has 3 nitrogen and oxygen atoms in total. The van der Waals surface area contributed by atoms with Crippen molar-refractivity contribution in [3.8, 4) is 5.75 Å². The van der Waals surface area contributed by atoms with Gasteiger partial charge < -0.3 is 10.5 Å². The van der Waals surface area contributed by atoms with Crippen molar-refractivity contribution in [3.63, 3.8) is 0 Å². The molecule has 1 aromatic rings. The minimum atomic E-state index is -2.60. The Morgan fingerprint density at radius 3 is 2.69 bits per heavy atom. The molecular formula is C20H22F3NO2. The number of primary amides is 1. The zero-order valence-corrected chi connectivity index (χ0v) is 14.4. The summed E-state index contributed by atoms with van der Waals surface area (Å²) in [7, 11) is 0. The average Bonchev–Trinajstić information content (AvgIpc) is 3.35. The fourth-order valence-electron chi connectivity index (χ4n) is 5.95. The molecule has 5 aliphatic rings. The van der Waals surface area contributed by atoms with Crippen LogP contribution in [-0.2, 0) is 0 Å². The molecule has 2 N–H and O–H groups in total. The number of amides is 1. The summed E-state index contributed by atoms with van der Waals surface area (Å²) in [5, 5.41) is 0. The molecule has 140 valence electrons. The summed E-state index contributed by atoms with van der Waals surface area (Å²) in [5.74, 6) is -4.26. The van der Waals surface area contributed by atoms with E-state index in [9.17, 15) is 18.0 Å². The fourth-order valence-corrected chi connectivity index (χ4v) is 5.95. The lowest BCUT2D eigenvalue weighted by molar-refractivity contribution is -0.105. The molecule has 0 aromatic heterocycles. The maximum atomic E-state index is 14.6. The van der Waals surface area contributed by atoms with Gasteiger partial charge in [0.2, 0.25) is 0 Å². The standard InChI is InChI=1S/C20H22F3NO2/c21-15-6-16(13(11-1-2-11)5-14(15)18(24)25)26-9-19-7-10-3-12(8-19)20(22,23)17(19)4-10/h5-6,10-12,17H,1-4,7-9H2,(H2,24,25). The summed E-state index contributed by atoms with van der Waals surface area (Å²) < 4.78 is 49.3. The third-order valence-corrected chi connectivity index (χ3v) is 7.18. The van der Waals surface area contributed by atoms with E-state index in [0.717, 1.165) is 24.8 Å². The van der Waals surface area contributed by atoms with Gasteiger partial charge in [0, 0.05) is 23.3 Å². The predicted octanol–water partition coefficient (Wildman–Crippen LogP) is 4.25. The molecule has 5 aliphatic carbocycles. The van der Waals surface area contributed by atoms with E-state index in [0.29, 0.717) is 30.9 Å². The van der Waals surface area contributed by atoms with Crippen molar-refractivity contribution >= 4 is 5.91 Å². The third-order valence-electron chi connectivity index (χ3n) is 7.18. The number of alkyl halides is 2. The molecule has 4 unspecified atom stereocenters. The first-order valence-corrected chi connectivity index (χ1v) is 9.44. The van der Waals surface area contributed by atoms with Crippen molar-refractivity contribution < 1.29 is 22.7 Å². The summed E-state index contributed by atoms with van der Waals surface area (Å²) in [6.45, 7) is 0.204. The maximum absolute atomic E-state index is 14.6. The Labute approximate surface area is 150 Å². The lowest BCUT2D eigenvalue weighted by Crippen LogP contribution is -2.36. The van der Waals surface area contributed by atoms with Crippen LogP contribution in [0.3, 0.4) is 0 Å². The number of hydrogen-bond donors (Lipinski definition) is 1. The number of hydrogen-bond acceptors (Lipinski definition) is 2. The Morgan fingerprint density at radius 2 is 2.00 bits per heavy atom. The number of halogens is 3. The molecule has 0 radical (unpaired) electrons. The molecule has 4 bridgehead atoms. The molecule has 1 amide bonds. The van der Waals surface area contributed by atoms with Gasteiger partial charge >= 0.3 is 0 Å². The van der Waals surface area contributed by atoms with E-state index in [1.807, 2.05) is 0 Å². The largest absolute Gasteiger partial charge is 0.493 e. The normalized spacial score (nSPS) is 36.5. The maximum Gasteiger partial charge on any atom is 0.254 e. The van der Waals surface area contributed by atoms with E-state index < -0.39 is 34.9 Å². The van der Waals surface area contributed by atoms with Crippen LogP contribution in [0.15, 0.2) is 12.1 Å². The Morgan fingerprint density at radius 1 is 1.23 bits per heavy atom. The van der Waals surface area contributed by atoms with Crippen molar-refractivity contribution in [2.75, 3.05) is 6.61 Å². The second-order valence-corrected chi connectivity index (χ2v) is 8.83. The number of carbonyl (C=O) groups excluding carboxylic acids is 1. The highest BCUT2D eigenvalue weighted by molar-refractivity contribution is 5.93. The van der Waals surface area contributed by atoms with Gasteiger partial charge in [-0.3, -0.25) is 4.79 Å². The van der Waals surface area contributed by atoms with E-state index in [4.69, 9.17) is 10.5 Å². The first-order chi connectivity index (χ1) is 12.3. The monoisotopic (exact) mass is 365 g/mol. The zero-order valence-electron chi connectivity index (χ0n) is 14.4. The smallest absolute Gasteiger partial charge is 0.254 e. The zero-order chi connectivity index (χ0) is 18.3. The lowest BCUT2D eigenvalue weighted by atomic mass is 9.76. The number of nitrogens with two attached hydrogens (primary N) is 1. The van der Waals surface area contributed by atoms with Crippen LogP contribution in [0.25, 0.3) is 0 Å². The van der Waals surface area contributed by atoms with Crippen molar-refractivity contribution in [2.45, 2.75) is 50.4 Å². The minimum Gasteiger partial charge on any atom is -0.493 e. The van der Waals surface area contributed by atoms with Gasteiger partial charge in [-0.25, -0.2) is 13.2 Å². The van der Waals surface area contributed by atoms with Crippen LogP contribution < -0.4 is 10.5 Å². The van der Waals surface area contributed by atoms with E-state index in [1.54, 1.807) is 0 Å². The van der Waals surface area contributed by atoms with Crippen LogP contribution in [0, 0.1) is 29.0 Å². The fraction of sp³-hybridized carbons (Fsp3) is 0.650. The van der Waals surface area contributed by atoms with Gasteiger partial charge in [0.05, 0.1) is 12.2 Å². The van der Waals surface area contributed by atoms with Gasteiger partial charge in [0.1, 0.15) is 11.6 Å². The number of ether oxygens (including phenoxy) is 1. The third kappa shape index (κ3) is 2.23. The molecule has 0 heterocycles. The lowest BCUT2D eigenvalue weighted by Gasteiger charge is -2.32. The van der Waals surface area contributed by atoms with Gasteiger partial charge in [-0.05, 0) is 62.0 Å². The summed E-state index contributed by atoms with van der Waals surface area (Å²) in [5.41, 5.74) is 5.40. The van der Waals surface area contributed by atoms with Crippen molar-refractivity contribution in [1.82, 2.24) is 0 Å². The number of benzene rings is 1. The van der Waals surface area contributed by atoms with Gasteiger partial charge in [-0.15, -0.1) is 0 Å². The van der Waals surface area contributed by atoms with Crippen LogP contribution >= 0.6 is 0 Å². The summed E-state index contributed by atoms with van der Waals surface area (Å²) in [4.78, 5) is 11.4. The van der Waals surface area contributed by atoms with E-state index in [2.05, 4.69) is 0 Å². The van der Waals surface area contributed by atoms with Crippen LogP contribution in [0.4, 0.5) is 13.2 Å². The summed E-state index contributed by atoms with van der Waals surface area (Å²) >= 11 is 0. The molecule has 5 fully saturated rings. The molecule has 0 spiro atoms. The quantitative estimate of drug-likeness (QED) is 0.848. The molecule has 6 heteroatoms. The topological polar surface area (TPSA) is 52.3 Å². The highest BCUT2D eigenvalue weighted by Gasteiger charge is 2.71. The van der Waals surface area contributed by atoms with Gasteiger partial charge in [0.25, 0.3) is 11.8 Å². The van der Waals surface area contributed by atoms with Crippen LogP contribution in [0.1, 0.15) is 60.4 Å². The van der Waals surface area contributed by atoms with Crippen LogP contribution in [0.2, 0.25) is 0 Å². The molecule has 26 heavy (non-hydrogen) atoms. The predicted molar refractivity (Wildman–Crippen MR) is 88.7 cm³/mol. The molecule has 0 aliphatic heterocycles. The van der Waals surface area contributed by atoms with Crippen molar-refractivity contribution in [1.29, 1.82) is 0 Å². The van der Waals surface area contributed by atoms with E-state index in [-0.39, 0.29) is 18.1 Å². The molecule has 1 aromatic carbocycles. The highest BCUT2D eigenvalue weighted by Crippen LogP contribution is 2.70. The first kappa shape index (κ1) is 16.5. The van der Waals surface area contributed by atoms with Gasteiger partial charge in [-0.2, -0.15) is 0 Å². The second-order valence-electron chi connectivity index (χ2n) is 8.83.